The van der Waals surface area contributed by atoms with Crippen LogP contribution in [0.2, 0.25) is 0 Å². The zero-order chi connectivity index (χ0) is 10.4. The van der Waals surface area contributed by atoms with Crippen LogP contribution >= 0.6 is 23.5 Å². The molecule has 1 atom stereocenters. The van der Waals surface area contributed by atoms with Crippen molar-refractivity contribution in [3.05, 3.63) is 0 Å². The van der Waals surface area contributed by atoms with Crippen LogP contribution in [0.5, 0.6) is 0 Å². The fraction of sp³-hybridized carbons (Fsp3) is 1.00. The molecule has 0 aromatic heterocycles. The van der Waals surface area contributed by atoms with Crippen LogP contribution < -0.4 is 0 Å². The van der Waals surface area contributed by atoms with Gasteiger partial charge in [-0.15, -0.1) is 23.5 Å². The highest BCUT2D eigenvalue weighted by Crippen LogP contribution is 2.37. The molecule has 0 aromatic carbocycles. The van der Waals surface area contributed by atoms with Crippen molar-refractivity contribution >= 4 is 23.5 Å². The van der Waals surface area contributed by atoms with Crippen molar-refractivity contribution in [3.8, 4) is 0 Å². The Kier molecular flexibility index (Phi) is 6.43. The third kappa shape index (κ3) is 4.97. The van der Waals surface area contributed by atoms with Gasteiger partial charge in [-0.25, -0.2) is 0 Å². The Balaban J connectivity index is 2.10. The van der Waals surface area contributed by atoms with Gasteiger partial charge in [0.25, 0.3) is 0 Å². The molecule has 0 nitrogen and oxygen atoms in total. The Morgan fingerprint density at radius 3 is 2.29 bits per heavy atom. The quantitative estimate of drug-likeness (QED) is 0.677. The largest absolute Gasteiger partial charge is 0.147 e. The summed E-state index contributed by atoms with van der Waals surface area (Å²) in [5.41, 5.74) is 0. The summed E-state index contributed by atoms with van der Waals surface area (Å²) in [5, 5.41) is 0. The Bertz CT molecular complexity index is 139. The van der Waals surface area contributed by atoms with Gasteiger partial charge in [-0.2, -0.15) is 0 Å². The summed E-state index contributed by atoms with van der Waals surface area (Å²) in [4.78, 5) is 0. The second kappa shape index (κ2) is 7.05. The first-order chi connectivity index (χ1) is 6.70. The van der Waals surface area contributed by atoms with Gasteiger partial charge in [-0.1, -0.05) is 33.6 Å². The monoisotopic (exact) mass is 232 g/mol. The molecule has 0 radical (unpaired) electrons. The van der Waals surface area contributed by atoms with Crippen LogP contribution in [0.1, 0.15) is 46.5 Å². The van der Waals surface area contributed by atoms with Crippen molar-refractivity contribution in [2.75, 3.05) is 11.5 Å². The molecule has 1 rings (SSSR count). The van der Waals surface area contributed by atoms with Crippen LogP contribution in [0, 0.1) is 11.8 Å². The molecule has 1 fully saturated rings. The molecule has 0 N–H and O–H groups in total. The van der Waals surface area contributed by atoms with E-state index in [0.717, 1.165) is 16.4 Å². The Morgan fingerprint density at radius 2 is 1.71 bits per heavy atom. The second-order valence-electron chi connectivity index (χ2n) is 4.77. The van der Waals surface area contributed by atoms with Gasteiger partial charge in [-0.05, 0) is 36.2 Å². The number of hydrogen-bond donors (Lipinski definition) is 0. The van der Waals surface area contributed by atoms with Crippen LogP contribution in [0.4, 0.5) is 0 Å². The van der Waals surface area contributed by atoms with Gasteiger partial charge in [-0.3, -0.25) is 0 Å². The van der Waals surface area contributed by atoms with Crippen LogP contribution in [0.25, 0.3) is 0 Å². The van der Waals surface area contributed by atoms with E-state index in [1.165, 1.54) is 37.2 Å². The maximum Gasteiger partial charge on any atom is 0.0527 e. The van der Waals surface area contributed by atoms with E-state index in [1.807, 2.05) is 0 Å². The first-order valence-corrected chi connectivity index (χ1v) is 8.03. The molecule has 0 spiro atoms. The standard InChI is InChI=1S/C12H24S2/c1-10(2)6-4-7-11(3)12-13-8-5-9-14-12/h10-12H,4-9H2,1-3H3. The Labute approximate surface area is 98.0 Å². The maximum absolute atomic E-state index is 2.44. The first-order valence-electron chi connectivity index (χ1n) is 5.93. The van der Waals surface area contributed by atoms with E-state index >= 15 is 0 Å². The average molecular weight is 232 g/mol. The first kappa shape index (κ1) is 12.8. The predicted octanol–water partition coefficient (Wildman–Crippen LogP) is 4.65. The van der Waals surface area contributed by atoms with E-state index in [1.54, 1.807) is 0 Å². The molecule has 1 aliphatic heterocycles. The van der Waals surface area contributed by atoms with Crippen LogP contribution in [0.3, 0.4) is 0 Å². The molecular weight excluding hydrogens is 208 g/mol. The summed E-state index contributed by atoms with van der Waals surface area (Å²) in [7, 11) is 0. The fourth-order valence-corrected chi connectivity index (χ4v) is 4.98. The summed E-state index contributed by atoms with van der Waals surface area (Å²) >= 11 is 4.39. The molecule has 1 saturated heterocycles. The normalized spacial score (nSPS) is 21.4. The summed E-state index contributed by atoms with van der Waals surface area (Å²) in [5.74, 6) is 4.59. The van der Waals surface area contributed by atoms with Gasteiger partial charge >= 0.3 is 0 Å². The lowest BCUT2D eigenvalue weighted by atomic mass is 10.0. The topological polar surface area (TPSA) is 0 Å². The minimum absolute atomic E-state index is 0.883. The third-order valence-corrected chi connectivity index (χ3v) is 6.21. The molecule has 14 heavy (non-hydrogen) atoms. The molecule has 1 unspecified atom stereocenters. The predicted molar refractivity (Wildman–Crippen MR) is 71.2 cm³/mol. The van der Waals surface area contributed by atoms with Crippen molar-refractivity contribution in [1.82, 2.24) is 0 Å². The molecule has 1 aliphatic rings. The van der Waals surface area contributed by atoms with Crippen LogP contribution in [-0.2, 0) is 0 Å². The number of rotatable bonds is 5. The number of hydrogen-bond acceptors (Lipinski definition) is 2. The smallest absolute Gasteiger partial charge is 0.0527 e. The van der Waals surface area contributed by atoms with Crippen molar-refractivity contribution in [3.63, 3.8) is 0 Å². The maximum atomic E-state index is 2.44. The lowest BCUT2D eigenvalue weighted by Crippen LogP contribution is -2.15. The third-order valence-electron chi connectivity index (χ3n) is 2.76. The molecule has 0 saturated carbocycles. The molecule has 2 heteroatoms. The van der Waals surface area contributed by atoms with Crippen molar-refractivity contribution in [2.45, 2.75) is 51.0 Å². The minimum Gasteiger partial charge on any atom is -0.147 e. The van der Waals surface area contributed by atoms with E-state index in [2.05, 4.69) is 44.3 Å². The second-order valence-corrected chi connectivity index (χ2v) is 7.56. The van der Waals surface area contributed by atoms with Crippen molar-refractivity contribution in [2.24, 2.45) is 11.8 Å². The van der Waals surface area contributed by atoms with E-state index in [0.29, 0.717) is 0 Å². The van der Waals surface area contributed by atoms with Gasteiger partial charge in [0, 0.05) is 0 Å². The van der Waals surface area contributed by atoms with E-state index in [-0.39, 0.29) is 0 Å². The lowest BCUT2D eigenvalue weighted by Gasteiger charge is -2.26. The van der Waals surface area contributed by atoms with Crippen molar-refractivity contribution < 1.29 is 0 Å². The highest BCUT2D eigenvalue weighted by Gasteiger charge is 2.20. The molecule has 0 bridgehead atoms. The average Bonchev–Trinajstić information content (AvgIpc) is 2.18. The van der Waals surface area contributed by atoms with Gasteiger partial charge in [0.1, 0.15) is 0 Å². The molecule has 84 valence electrons. The van der Waals surface area contributed by atoms with E-state index in [9.17, 15) is 0 Å². The molecule has 0 aliphatic carbocycles. The zero-order valence-corrected chi connectivity index (χ0v) is 11.4. The SMILES string of the molecule is CC(C)CCCC(C)C1SCCCS1. The van der Waals surface area contributed by atoms with Gasteiger partial charge in [0.2, 0.25) is 0 Å². The van der Waals surface area contributed by atoms with E-state index < -0.39 is 0 Å². The Hall–Kier alpha value is 0.700. The molecule has 0 aromatic rings. The van der Waals surface area contributed by atoms with Crippen molar-refractivity contribution in [1.29, 1.82) is 0 Å². The Morgan fingerprint density at radius 1 is 1.07 bits per heavy atom. The zero-order valence-electron chi connectivity index (χ0n) is 9.79. The highest BCUT2D eigenvalue weighted by atomic mass is 32.2. The van der Waals surface area contributed by atoms with Crippen LogP contribution in [-0.4, -0.2) is 16.1 Å². The van der Waals surface area contributed by atoms with Gasteiger partial charge < -0.3 is 0 Å². The number of thioether (sulfide) groups is 2. The molecule has 1 heterocycles. The fourth-order valence-electron chi connectivity index (χ4n) is 1.82. The van der Waals surface area contributed by atoms with Crippen LogP contribution in [0.15, 0.2) is 0 Å². The molecule has 0 amide bonds. The van der Waals surface area contributed by atoms with E-state index in [4.69, 9.17) is 0 Å². The van der Waals surface area contributed by atoms with Gasteiger partial charge in [0.15, 0.2) is 0 Å². The summed E-state index contributed by atoms with van der Waals surface area (Å²) in [6, 6.07) is 0. The summed E-state index contributed by atoms with van der Waals surface area (Å²) in [6.07, 6.45) is 5.69. The minimum atomic E-state index is 0.883. The lowest BCUT2D eigenvalue weighted by molar-refractivity contribution is 0.476. The highest BCUT2D eigenvalue weighted by molar-refractivity contribution is 8.17. The summed E-state index contributed by atoms with van der Waals surface area (Å²) < 4.78 is 0.899. The molecular formula is C12H24S2. The summed E-state index contributed by atoms with van der Waals surface area (Å²) in [6.45, 7) is 7.10. The van der Waals surface area contributed by atoms with Gasteiger partial charge in [0.05, 0.1) is 4.58 Å².